The van der Waals surface area contributed by atoms with Crippen LogP contribution in [0.5, 0.6) is 0 Å². The first-order chi connectivity index (χ1) is 20.8. The molecule has 0 atom stereocenters. The van der Waals surface area contributed by atoms with Crippen LogP contribution >= 0.6 is 0 Å². The number of carboxylic acid groups (broad SMARTS) is 1. The largest absolute Gasteiger partial charge is 0.481 e. The van der Waals surface area contributed by atoms with Gasteiger partial charge in [-0.15, -0.1) is 0 Å². The summed E-state index contributed by atoms with van der Waals surface area (Å²) in [5, 5.41) is 12.0. The first-order valence-corrected chi connectivity index (χ1v) is 19.7. The number of hydrogen-bond acceptors (Lipinski definition) is 2. The Labute approximate surface area is 265 Å². The van der Waals surface area contributed by atoms with Crippen LogP contribution in [0.15, 0.2) is 0 Å². The zero-order valence-electron chi connectivity index (χ0n) is 29.0. The van der Waals surface area contributed by atoms with E-state index in [1.807, 2.05) is 0 Å². The molecule has 0 heterocycles. The maximum Gasteiger partial charge on any atom is 0.303 e. The normalized spacial score (nSPS) is 11.5. The van der Waals surface area contributed by atoms with Crippen molar-refractivity contribution in [1.29, 1.82) is 0 Å². The van der Waals surface area contributed by atoms with E-state index in [0.717, 1.165) is 19.5 Å². The van der Waals surface area contributed by atoms with Crippen molar-refractivity contribution < 1.29 is 9.90 Å². The lowest BCUT2D eigenvalue weighted by Crippen LogP contribution is -2.17. The summed E-state index contributed by atoms with van der Waals surface area (Å²) in [6.07, 6.45) is 48.7. The number of unbranched alkanes of at least 4 members (excludes halogenated alkanes) is 32. The summed E-state index contributed by atoms with van der Waals surface area (Å²) in [6.45, 7) is 4.18. The Balaban J connectivity index is 3.03. The highest BCUT2D eigenvalue weighted by Gasteiger charge is 1.98. The molecule has 0 saturated heterocycles. The fraction of sp³-hybridized carbons (Fsp3) is 0.974. The molecule has 0 aliphatic rings. The van der Waals surface area contributed by atoms with Crippen LogP contribution in [0.4, 0.5) is 0 Å². The Morgan fingerprint density at radius 3 is 0.810 bits per heavy atom. The van der Waals surface area contributed by atoms with Gasteiger partial charge < -0.3 is 10.4 Å². The lowest BCUT2D eigenvalue weighted by Gasteiger charge is -2.05. The second-order valence-corrected chi connectivity index (χ2v) is 13.6. The first-order valence-electron chi connectivity index (χ1n) is 19.7. The van der Waals surface area contributed by atoms with Gasteiger partial charge in [-0.05, 0) is 25.9 Å². The van der Waals surface area contributed by atoms with Crippen LogP contribution in [-0.2, 0) is 4.79 Å². The predicted octanol–water partition coefficient (Wildman–Crippen LogP) is 13.3. The first kappa shape index (κ1) is 41.4. The molecular weight excluding hydrogens is 514 g/mol. The molecule has 0 spiro atoms. The van der Waals surface area contributed by atoms with Gasteiger partial charge in [0.1, 0.15) is 0 Å². The van der Waals surface area contributed by atoms with Gasteiger partial charge in [0, 0.05) is 6.42 Å². The van der Waals surface area contributed by atoms with Crippen LogP contribution in [0.3, 0.4) is 0 Å². The van der Waals surface area contributed by atoms with Gasteiger partial charge in [-0.25, -0.2) is 0 Å². The maximum atomic E-state index is 10.5. The van der Waals surface area contributed by atoms with Crippen molar-refractivity contribution in [2.45, 2.75) is 232 Å². The van der Waals surface area contributed by atoms with Crippen LogP contribution in [0.2, 0.25) is 0 Å². The predicted molar refractivity (Wildman–Crippen MR) is 188 cm³/mol. The van der Waals surface area contributed by atoms with Crippen molar-refractivity contribution in [1.82, 2.24) is 5.32 Å². The van der Waals surface area contributed by atoms with E-state index in [2.05, 4.69) is 12.2 Å². The topological polar surface area (TPSA) is 49.3 Å². The Hall–Kier alpha value is -0.570. The Kier molecular flexibility index (Phi) is 37.9. The molecule has 0 fully saturated rings. The molecule has 0 aromatic heterocycles. The standard InChI is InChI=1S/C39H79NO2/c1-2-3-4-5-6-7-8-9-10-11-12-13-14-15-16-17-18-19-20-21-22-23-24-25-26-27-28-29-30-31-32-33-34-37-40-38-35-36-39(41)42/h40H,2-38H2,1H3,(H,41,42). The molecule has 3 heteroatoms. The van der Waals surface area contributed by atoms with E-state index in [9.17, 15) is 4.79 Å². The summed E-state index contributed by atoms with van der Waals surface area (Å²) in [6, 6.07) is 0. The van der Waals surface area contributed by atoms with Gasteiger partial charge in [-0.3, -0.25) is 4.79 Å². The summed E-state index contributed by atoms with van der Waals surface area (Å²) in [5.41, 5.74) is 0. The molecule has 2 N–H and O–H groups in total. The fourth-order valence-electron chi connectivity index (χ4n) is 6.29. The Bertz CT molecular complexity index is 495. The minimum Gasteiger partial charge on any atom is -0.481 e. The van der Waals surface area contributed by atoms with Crippen molar-refractivity contribution in [3.8, 4) is 0 Å². The van der Waals surface area contributed by atoms with Crippen molar-refractivity contribution in [2.24, 2.45) is 0 Å². The molecule has 252 valence electrons. The zero-order valence-corrected chi connectivity index (χ0v) is 29.0. The van der Waals surface area contributed by atoms with Crippen molar-refractivity contribution in [2.75, 3.05) is 13.1 Å². The van der Waals surface area contributed by atoms with Gasteiger partial charge in [-0.2, -0.15) is 0 Å². The van der Waals surface area contributed by atoms with Crippen LogP contribution in [-0.4, -0.2) is 24.2 Å². The van der Waals surface area contributed by atoms with Crippen LogP contribution < -0.4 is 5.32 Å². The van der Waals surface area contributed by atoms with Gasteiger partial charge in [0.05, 0.1) is 0 Å². The van der Waals surface area contributed by atoms with Gasteiger partial charge in [0.2, 0.25) is 0 Å². The second-order valence-electron chi connectivity index (χ2n) is 13.6. The molecule has 0 rings (SSSR count). The monoisotopic (exact) mass is 594 g/mol. The quantitative estimate of drug-likeness (QED) is 0.0700. The molecule has 0 aromatic rings. The van der Waals surface area contributed by atoms with E-state index in [1.54, 1.807) is 0 Å². The minimum atomic E-state index is -0.687. The molecule has 0 aliphatic heterocycles. The molecule has 42 heavy (non-hydrogen) atoms. The summed E-state index contributed by atoms with van der Waals surface area (Å²) < 4.78 is 0. The molecule has 0 bridgehead atoms. The van der Waals surface area contributed by atoms with Gasteiger partial charge in [0.15, 0.2) is 0 Å². The summed E-state index contributed by atoms with van der Waals surface area (Å²) >= 11 is 0. The summed E-state index contributed by atoms with van der Waals surface area (Å²) in [7, 11) is 0. The fourth-order valence-corrected chi connectivity index (χ4v) is 6.29. The average molecular weight is 594 g/mol. The molecule has 0 saturated carbocycles. The Morgan fingerprint density at radius 2 is 0.571 bits per heavy atom. The van der Waals surface area contributed by atoms with Crippen LogP contribution in [0.1, 0.15) is 232 Å². The number of aliphatic carboxylic acids is 1. The van der Waals surface area contributed by atoms with E-state index < -0.39 is 5.97 Å². The third-order valence-electron chi connectivity index (χ3n) is 9.20. The van der Waals surface area contributed by atoms with Gasteiger partial charge >= 0.3 is 5.97 Å². The van der Waals surface area contributed by atoms with E-state index in [1.165, 1.54) is 212 Å². The van der Waals surface area contributed by atoms with Crippen molar-refractivity contribution in [3.05, 3.63) is 0 Å². The molecule has 0 amide bonds. The Morgan fingerprint density at radius 1 is 0.357 bits per heavy atom. The summed E-state index contributed by atoms with van der Waals surface area (Å²) in [4.78, 5) is 10.5. The lowest BCUT2D eigenvalue weighted by molar-refractivity contribution is -0.137. The SMILES string of the molecule is CCCCCCCCCCCCCCCCCCCCCCCCCCCCCCCCCCCNCCCC(=O)O. The van der Waals surface area contributed by atoms with Crippen molar-refractivity contribution in [3.63, 3.8) is 0 Å². The van der Waals surface area contributed by atoms with E-state index in [0.29, 0.717) is 0 Å². The zero-order chi connectivity index (χ0) is 30.4. The highest BCUT2D eigenvalue weighted by Crippen LogP contribution is 2.17. The van der Waals surface area contributed by atoms with E-state index >= 15 is 0 Å². The lowest BCUT2D eigenvalue weighted by atomic mass is 10.0. The highest BCUT2D eigenvalue weighted by molar-refractivity contribution is 5.66. The minimum absolute atomic E-state index is 0.284. The molecule has 3 nitrogen and oxygen atoms in total. The van der Waals surface area contributed by atoms with Crippen LogP contribution in [0.25, 0.3) is 0 Å². The van der Waals surface area contributed by atoms with Crippen LogP contribution in [0, 0.1) is 0 Å². The number of nitrogens with one attached hydrogen (secondary N) is 1. The summed E-state index contributed by atoms with van der Waals surface area (Å²) in [5.74, 6) is -0.687. The van der Waals surface area contributed by atoms with Gasteiger partial charge in [0.25, 0.3) is 0 Å². The second kappa shape index (κ2) is 38.5. The molecular formula is C39H79NO2. The molecule has 0 aromatic carbocycles. The van der Waals surface area contributed by atoms with E-state index in [4.69, 9.17) is 5.11 Å². The van der Waals surface area contributed by atoms with Gasteiger partial charge in [-0.1, -0.05) is 212 Å². The maximum absolute atomic E-state index is 10.5. The third-order valence-corrected chi connectivity index (χ3v) is 9.20. The average Bonchev–Trinajstić information content (AvgIpc) is 2.98. The molecule has 0 aliphatic carbocycles. The number of carbonyl (C=O) groups is 1. The third kappa shape index (κ3) is 39.4. The molecule has 0 radical (unpaired) electrons. The molecule has 0 unspecified atom stereocenters. The number of hydrogen-bond donors (Lipinski definition) is 2. The highest BCUT2D eigenvalue weighted by atomic mass is 16.4. The van der Waals surface area contributed by atoms with E-state index in [-0.39, 0.29) is 6.42 Å². The number of carboxylic acids is 1. The van der Waals surface area contributed by atoms with Crippen molar-refractivity contribution >= 4 is 5.97 Å². The smallest absolute Gasteiger partial charge is 0.303 e. The number of rotatable bonds is 38.